The van der Waals surface area contributed by atoms with Crippen LogP contribution in [-0.2, 0) is 4.79 Å². The minimum atomic E-state index is -0.985. The van der Waals surface area contributed by atoms with E-state index in [0.29, 0.717) is 5.75 Å². The van der Waals surface area contributed by atoms with Crippen LogP contribution < -0.4 is 4.74 Å². The third-order valence-corrected chi connectivity index (χ3v) is 4.08. The first kappa shape index (κ1) is 14.6. The number of benzene rings is 1. The van der Waals surface area contributed by atoms with Crippen LogP contribution in [0.1, 0.15) is 49.4 Å². The first-order chi connectivity index (χ1) is 9.60. The van der Waals surface area contributed by atoms with Crippen molar-refractivity contribution in [2.45, 2.75) is 39.0 Å². The highest BCUT2D eigenvalue weighted by atomic mass is 16.5. The first-order valence-corrected chi connectivity index (χ1v) is 7.15. The molecule has 0 unspecified atom stereocenters. The average molecular weight is 276 g/mol. The molecule has 0 atom stereocenters. The Labute approximate surface area is 118 Å². The van der Waals surface area contributed by atoms with Gasteiger partial charge in [0.25, 0.3) is 0 Å². The maximum absolute atomic E-state index is 12.0. The molecule has 1 saturated carbocycles. The number of hydrogen-bond acceptors (Lipinski definition) is 3. The second-order valence-electron chi connectivity index (χ2n) is 5.38. The number of rotatable bonds is 4. The first-order valence-electron chi connectivity index (χ1n) is 7.15. The van der Waals surface area contributed by atoms with Crippen LogP contribution in [0.4, 0.5) is 0 Å². The van der Waals surface area contributed by atoms with Gasteiger partial charge in [-0.1, -0.05) is 13.3 Å². The molecule has 20 heavy (non-hydrogen) atoms. The monoisotopic (exact) mass is 276 g/mol. The van der Waals surface area contributed by atoms with Crippen molar-refractivity contribution in [3.63, 3.8) is 0 Å². The zero-order chi connectivity index (χ0) is 14.5. The van der Waals surface area contributed by atoms with E-state index >= 15 is 0 Å². The van der Waals surface area contributed by atoms with Gasteiger partial charge in [-0.25, -0.2) is 4.79 Å². The van der Waals surface area contributed by atoms with Crippen LogP contribution >= 0.6 is 0 Å². The number of ether oxygens (including phenoxy) is 1. The van der Waals surface area contributed by atoms with Gasteiger partial charge in [-0.2, -0.15) is 0 Å². The van der Waals surface area contributed by atoms with Crippen LogP contribution in [0.2, 0.25) is 0 Å². The number of carbonyl (C=O) groups excluding carboxylic acids is 1. The van der Waals surface area contributed by atoms with Gasteiger partial charge in [0.2, 0.25) is 0 Å². The Kier molecular flexibility index (Phi) is 4.77. The summed E-state index contributed by atoms with van der Waals surface area (Å²) in [5.41, 5.74) is 0.188. The lowest BCUT2D eigenvalue weighted by Gasteiger charge is -2.26. The highest BCUT2D eigenvalue weighted by molar-refractivity contribution is 5.87. The van der Waals surface area contributed by atoms with E-state index in [9.17, 15) is 9.59 Å². The SMILES string of the molecule is CC[C@H]1CC[C@H](C(=O)Oc2ccc(C(=O)O)cc2)CC1. The van der Waals surface area contributed by atoms with E-state index in [1.165, 1.54) is 30.7 Å². The molecule has 1 fully saturated rings. The van der Waals surface area contributed by atoms with Crippen molar-refractivity contribution in [3.05, 3.63) is 29.8 Å². The van der Waals surface area contributed by atoms with Crippen molar-refractivity contribution in [2.24, 2.45) is 11.8 Å². The molecule has 0 spiro atoms. The number of carboxylic acid groups (broad SMARTS) is 1. The summed E-state index contributed by atoms with van der Waals surface area (Å²) in [4.78, 5) is 22.8. The fourth-order valence-electron chi connectivity index (χ4n) is 2.67. The quantitative estimate of drug-likeness (QED) is 0.675. The maximum atomic E-state index is 12.0. The van der Waals surface area contributed by atoms with Crippen LogP contribution in [0.3, 0.4) is 0 Å². The molecule has 0 heterocycles. The molecule has 4 nitrogen and oxygen atoms in total. The van der Waals surface area contributed by atoms with Gasteiger partial charge in [-0.3, -0.25) is 4.79 Å². The summed E-state index contributed by atoms with van der Waals surface area (Å²) in [5, 5.41) is 8.80. The molecule has 0 aliphatic heterocycles. The molecule has 108 valence electrons. The van der Waals surface area contributed by atoms with Crippen molar-refractivity contribution in [3.8, 4) is 5.75 Å². The summed E-state index contributed by atoms with van der Waals surface area (Å²) >= 11 is 0. The highest BCUT2D eigenvalue weighted by Crippen LogP contribution is 2.31. The summed E-state index contributed by atoms with van der Waals surface area (Å²) in [6.07, 6.45) is 5.15. The number of esters is 1. The fraction of sp³-hybridized carbons (Fsp3) is 0.500. The van der Waals surface area contributed by atoms with E-state index in [1.54, 1.807) is 0 Å². The second-order valence-corrected chi connectivity index (χ2v) is 5.38. The molecule has 0 amide bonds. The molecule has 0 radical (unpaired) electrons. The van der Waals surface area contributed by atoms with E-state index in [4.69, 9.17) is 9.84 Å². The molecule has 0 aromatic heterocycles. The number of carboxylic acids is 1. The van der Waals surface area contributed by atoms with E-state index in [0.717, 1.165) is 31.6 Å². The predicted octanol–water partition coefficient (Wildman–Crippen LogP) is 3.51. The fourth-order valence-corrected chi connectivity index (χ4v) is 2.67. The van der Waals surface area contributed by atoms with Crippen molar-refractivity contribution in [1.29, 1.82) is 0 Å². The van der Waals surface area contributed by atoms with Gasteiger partial charge >= 0.3 is 11.9 Å². The molecular weight excluding hydrogens is 256 g/mol. The number of carbonyl (C=O) groups is 2. The molecule has 1 aromatic carbocycles. The molecule has 1 N–H and O–H groups in total. The molecule has 0 saturated heterocycles. The Morgan fingerprint density at radius 1 is 1.15 bits per heavy atom. The topological polar surface area (TPSA) is 63.6 Å². The Morgan fingerprint density at radius 2 is 1.75 bits per heavy atom. The van der Waals surface area contributed by atoms with Crippen LogP contribution in [0.15, 0.2) is 24.3 Å². The molecule has 1 aromatic rings. The minimum absolute atomic E-state index is 0.0167. The molecule has 2 rings (SSSR count). The lowest BCUT2D eigenvalue weighted by Crippen LogP contribution is -2.25. The van der Waals surface area contributed by atoms with Crippen LogP contribution in [0.25, 0.3) is 0 Å². The predicted molar refractivity (Wildman–Crippen MR) is 74.8 cm³/mol. The van der Waals surface area contributed by atoms with Gasteiger partial charge in [0.1, 0.15) is 5.75 Å². The molecule has 1 aliphatic carbocycles. The Bertz CT molecular complexity index is 470. The standard InChI is InChI=1S/C16H20O4/c1-2-11-3-5-13(6-4-11)16(19)20-14-9-7-12(8-10-14)15(17)18/h7-11,13H,2-6H2,1H3,(H,17,18)/t11-,13-. The lowest BCUT2D eigenvalue weighted by molar-refractivity contribution is -0.140. The van der Waals surface area contributed by atoms with E-state index in [-0.39, 0.29) is 17.5 Å². The highest BCUT2D eigenvalue weighted by Gasteiger charge is 2.26. The average Bonchev–Trinajstić information content (AvgIpc) is 2.48. The van der Waals surface area contributed by atoms with Gasteiger partial charge in [0, 0.05) is 0 Å². The maximum Gasteiger partial charge on any atom is 0.335 e. The normalized spacial score (nSPS) is 22.2. The van der Waals surface area contributed by atoms with Gasteiger partial charge < -0.3 is 9.84 Å². The van der Waals surface area contributed by atoms with Gasteiger partial charge in [-0.05, 0) is 55.9 Å². The smallest absolute Gasteiger partial charge is 0.335 e. The number of aromatic carboxylic acids is 1. The van der Waals surface area contributed by atoms with Crippen molar-refractivity contribution in [1.82, 2.24) is 0 Å². The summed E-state index contributed by atoms with van der Waals surface area (Å²) < 4.78 is 5.33. The van der Waals surface area contributed by atoms with Gasteiger partial charge in [-0.15, -0.1) is 0 Å². The third-order valence-electron chi connectivity index (χ3n) is 4.08. The van der Waals surface area contributed by atoms with Crippen molar-refractivity contribution >= 4 is 11.9 Å². The van der Waals surface area contributed by atoms with E-state index in [1.807, 2.05) is 0 Å². The molecular formula is C16H20O4. The Hall–Kier alpha value is -1.84. The van der Waals surface area contributed by atoms with Crippen LogP contribution in [0.5, 0.6) is 5.75 Å². The Morgan fingerprint density at radius 3 is 2.25 bits per heavy atom. The third kappa shape index (κ3) is 3.59. The molecule has 4 heteroatoms. The Balaban J connectivity index is 1.90. The summed E-state index contributed by atoms with van der Waals surface area (Å²) in [6, 6.07) is 5.94. The largest absolute Gasteiger partial charge is 0.478 e. The van der Waals surface area contributed by atoms with Gasteiger partial charge in [0.05, 0.1) is 11.5 Å². The summed E-state index contributed by atoms with van der Waals surface area (Å²) in [7, 11) is 0. The van der Waals surface area contributed by atoms with Gasteiger partial charge in [0.15, 0.2) is 0 Å². The van der Waals surface area contributed by atoms with Crippen LogP contribution in [0, 0.1) is 11.8 Å². The zero-order valence-corrected chi connectivity index (χ0v) is 11.7. The molecule has 1 aliphatic rings. The molecule has 0 bridgehead atoms. The van der Waals surface area contributed by atoms with Crippen molar-refractivity contribution < 1.29 is 19.4 Å². The zero-order valence-electron chi connectivity index (χ0n) is 11.7. The summed E-state index contributed by atoms with van der Waals surface area (Å²) in [5.74, 6) is -0.0353. The van der Waals surface area contributed by atoms with E-state index in [2.05, 4.69) is 6.92 Å². The van der Waals surface area contributed by atoms with E-state index < -0.39 is 5.97 Å². The lowest BCUT2D eigenvalue weighted by atomic mass is 9.81. The number of hydrogen-bond donors (Lipinski definition) is 1. The van der Waals surface area contributed by atoms with Crippen LogP contribution in [-0.4, -0.2) is 17.0 Å². The van der Waals surface area contributed by atoms with Crippen molar-refractivity contribution in [2.75, 3.05) is 0 Å². The minimum Gasteiger partial charge on any atom is -0.478 e. The summed E-state index contributed by atoms with van der Waals surface area (Å²) in [6.45, 7) is 2.19. The second kappa shape index (κ2) is 6.55.